The van der Waals surface area contributed by atoms with Crippen LogP contribution < -0.4 is 0 Å². The van der Waals surface area contributed by atoms with Crippen LogP contribution in [0, 0.1) is 11.8 Å². The molecule has 1 aromatic carbocycles. The van der Waals surface area contributed by atoms with Crippen LogP contribution in [-0.2, 0) is 11.2 Å². The van der Waals surface area contributed by atoms with Gasteiger partial charge in [-0.25, -0.2) is 0 Å². The maximum absolute atomic E-state index is 10.1. The molecule has 22 heavy (non-hydrogen) atoms. The second kappa shape index (κ2) is 6.92. The molecule has 0 bridgehead atoms. The number of benzene rings is 1. The molecule has 1 heterocycles. The minimum atomic E-state index is -0.707. The van der Waals surface area contributed by atoms with Crippen LogP contribution >= 0.6 is 0 Å². The molecule has 1 saturated carbocycles. The highest BCUT2D eigenvalue weighted by molar-refractivity contribution is 5.15. The second-order valence-corrected chi connectivity index (χ2v) is 6.39. The Balaban J connectivity index is 1.52. The van der Waals surface area contributed by atoms with Gasteiger partial charge >= 0.3 is 0 Å². The third kappa shape index (κ3) is 3.58. The Labute approximate surface area is 131 Å². The lowest BCUT2D eigenvalue weighted by Crippen LogP contribution is -2.19. The fraction of sp³-hybridized carbons (Fsp3) is 0.556. The molecular weight excluding hydrogens is 280 g/mol. The van der Waals surface area contributed by atoms with Crippen molar-refractivity contribution in [1.82, 2.24) is 0 Å². The molecule has 0 aromatic heterocycles. The van der Waals surface area contributed by atoms with Crippen LogP contribution in [0.1, 0.15) is 24.8 Å². The van der Waals surface area contributed by atoms with Crippen molar-refractivity contribution < 1.29 is 20.1 Å². The normalized spacial score (nSPS) is 35.9. The molecule has 1 aromatic rings. The lowest BCUT2D eigenvalue weighted by molar-refractivity contribution is -0.0949. The molecule has 120 valence electrons. The number of aryl methyl sites for hydroxylation is 1. The summed E-state index contributed by atoms with van der Waals surface area (Å²) in [5.74, 6) is 0.121. The average Bonchev–Trinajstić information content (AvgIpc) is 2.99. The summed E-state index contributed by atoms with van der Waals surface area (Å²) < 4.78 is 5.40. The summed E-state index contributed by atoms with van der Waals surface area (Å²) in [5, 5.41) is 29.8. The molecule has 6 atom stereocenters. The fourth-order valence-electron chi connectivity index (χ4n) is 3.64. The Kier molecular flexibility index (Phi) is 4.93. The van der Waals surface area contributed by atoms with Crippen molar-refractivity contribution in [2.24, 2.45) is 11.8 Å². The zero-order valence-corrected chi connectivity index (χ0v) is 12.6. The average molecular weight is 304 g/mol. The molecule has 1 aliphatic heterocycles. The van der Waals surface area contributed by atoms with Gasteiger partial charge in [0.1, 0.15) is 0 Å². The Morgan fingerprint density at radius 1 is 1.18 bits per heavy atom. The van der Waals surface area contributed by atoms with Gasteiger partial charge in [-0.2, -0.15) is 0 Å². The van der Waals surface area contributed by atoms with Crippen LogP contribution in [0.15, 0.2) is 42.5 Å². The summed E-state index contributed by atoms with van der Waals surface area (Å²) in [6.07, 6.45) is 4.59. The monoisotopic (exact) mass is 304 g/mol. The van der Waals surface area contributed by atoms with E-state index < -0.39 is 18.5 Å². The Morgan fingerprint density at radius 3 is 2.73 bits per heavy atom. The topological polar surface area (TPSA) is 69.9 Å². The van der Waals surface area contributed by atoms with Crippen LogP contribution in [0.25, 0.3) is 0 Å². The number of hydrogen-bond acceptors (Lipinski definition) is 4. The highest BCUT2D eigenvalue weighted by Crippen LogP contribution is 2.43. The van der Waals surface area contributed by atoms with Gasteiger partial charge in [0.25, 0.3) is 0 Å². The van der Waals surface area contributed by atoms with Crippen molar-refractivity contribution in [2.45, 2.75) is 50.3 Å². The SMILES string of the molecule is O[C@@H]1C[C@@H]2O[C@@H](O)CC2[C@H]1C=C[C@H](O)CCc1ccccc1. The lowest BCUT2D eigenvalue weighted by Gasteiger charge is -2.16. The number of hydrogen-bond donors (Lipinski definition) is 3. The smallest absolute Gasteiger partial charge is 0.155 e. The van der Waals surface area contributed by atoms with Gasteiger partial charge in [0.15, 0.2) is 6.29 Å². The summed E-state index contributed by atoms with van der Waals surface area (Å²) >= 11 is 0. The van der Waals surface area contributed by atoms with Crippen LogP contribution in [0.4, 0.5) is 0 Å². The standard InChI is InChI=1S/C18H24O4/c19-13(7-6-12-4-2-1-3-5-12)8-9-14-15-10-18(21)22-17(15)11-16(14)20/h1-5,8-9,13-21H,6-7,10-11H2/t13-,14-,15?,16-,17+,18-/m1/s1. The van der Waals surface area contributed by atoms with Crippen molar-refractivity contribution in [3.8, 4) is 0 Å². The number of rotatable bonds is 5. The summed E-state index contributed by atoms with van der Waals surface area (Å²) in [6, 6.07) is 10.1. The number of aliphatic hydroxyl groups excluding tert-OH is 3. The van der Waals surface area contributed by atoms with Gasteiger partial charge in [0, 0.05) is 18.8 Å². The number of aliphatic hydroxyl groups is 3. The predicted molar refractivity (Wildman–Crippen MR) is 83.0 cm³/mol. The molecule has 1 saturated heterocycles. The molecule has 0 radical (unpaired) electrons. The van der Waals surface area contributed by atoms with Gasteiger partial charge in [-0.1, -0.05) is 42.5 Å². The van der Waals surface area contributed by atoms with Crippen molar-refractivity contribution in [3.05, 3.63) is 48.0 Å². The highest BCUT2D eigenvalue weighted by Gasteiger charge is 2.47. The lowest BCUT2D eigenvalue weighted by atomic mass is 9.91. The molecule has 0 amide bonds. The van der Waals surface area contributed by atoms with Crippen LogP contribution in [0.5, 0.6) is 0 Å². The fourth-order valence-corrected chi connectivity index (χ4v) is 3.64. The zero-order valence-electron chi connectivity index (χ0n) is 12.6. The molecule has 1 unspecified atom stereocenters. The van der Waals surface area contributed by atoms with Gasteiger partial charge in [-0.3, -0.25) is 0 Å². The molecule has 0 spiro atoms. The predicted octanol–water partition coefficient (Wildman–Crippen LogP) is 1.64. The Bertz CT molecular complexity index is 501. The van der Waals surface area contributed by atoms with E-state index in [1.807, 2.05) is 24.3 Å². The molecule has 4 heteroatoms. The van der Waals surface area contributed by atoms with E-state index in [1.165, 1.54) is 5.56 Å². The van der Waals surface area contributed by atoms with E-state index in [4.69, 9.17) is 4.74 Å². The quantitative estimate of drug-likeness (QED) is 0.723. The van der Waals surface area contributed by atoms with Crippen molar-refractivity contribution in [3.63, 3.8) is 0 Å². The minimum Gasteiger partial charge on any atom is -0.392 e. The Hall–Kier alpha value is -1.20. The first-order chi connectivity index (χ1) is 10.6. The van der Waals surface area contributed by atoms with Gasteiger partial charge in [-0.05, 0) is 24.3 Å². The Morgan fingerprint density at radius 2 is 1.95 bits per heavy atom. The third-order valence-corrected chi connectivity index (χ3v) is 4.82. The van der Waals surface area contributed by atoms with Crippen molar-refractivity contribution in [1.29, 1.82) is 0 Å². The molecule has 2 fully saturated rings. The highest BCUT2D eigenvalue weighted by atomic mass is 16.6. The van der Waals surface area contributed by atoms with E-state index in [0.717, 1.165) is 6.42 Å². The minimum absolute atomic E-state index is 0.0338. The van der Waals surface area contributed by atoms with E-state index in [2.05, 4.69) is 12.1 Å². The van der Waals surface area contributed by atoms with Crippen LogP contribution in [0.3, 0.4) is 0 Å². The van der Waals surface area contributed by atoms with Crippen molar-refractivity contribution >= 4 is 0 Å². The second-order valence-electron chi connectivity index (χ2n) is 6.39. The summed E-state index contributed by atoms with van der Waals surface area (Å²) in [5.41, 5.74) is 1.21. The number of ether oxygens (including phenoxy) is 1. The van der Waals surface area contributed by atoms with E-state index in [1.54, 1.807) is 6.08 Å². The molecular formula is C18H24O4. The molecule has 1 aliphatic carbocycles. The first-order valence-electron chi connectivity index (χ1n) is 8.05. The van der Waals surface area contributed by atoms with Crippen molar-refractivity contribution in [2.75, 3.05) is 0 Å². The first-order valence-corrected chi connectivity index (χ1v) is 8.05. The summed E-state index contributed by atoms with van der Waals surface area (Å²) in [4.78, 5) is 0. The van der Waals surface area contributed by atoms with Gasteiger partial charge in [-0.15, -0.1) is 0 Å². The van der Waals surface area contributed by atoms with Crippen LogP contribution in [-0.4, -0.2) is 39.9 Å². The number of fused-ring (bicyclic) bond motifs is 1. The van der Waals surface area contributed by atoms with E-state index in [9.17, 15) is 15.3 Å². The zero-order chi connectivity index (χ0) is 15.5. The molecule has 2 aliphatic rings. The van der Waals surface area contributed by atoms with Gasteiger partial charge < -0.3 is 20.1 Å². The maximum atomic E-state index is 10.1. The largest absolute Gasteiger partial charge is 0.392 e. The van der Waals surface area contributed by atoms with E-state index >= 15 is 0 Å². The summed E-state index contributed by atoms with van der Waals surface area (Å²) in [6.45, 7) is 0. The maximum Gasteiger partial charge on any atom is 0.155 e. The van der Waals surface area contributed by atoms with E-state index in [-0.39, 0.29) is 17.9 Å². The third-order valence-electron chi connectivity index (χ3n) is 4.82. The molecule has 3 rings (SSSR count). The molecule has 4 nitrogen and oxygen atoms in total. The van der Waals surface area contributed by atoms with Crippen LogP contribution in [0.2, 0.25) is 0 Å². The van der Waals surface area contributed by atoms with Gasteiger partial charge in [0.2, 0.25) is 0 Å². The molecule has 3 N–H and O–H groups in total. The van der Waals surface area contributed by atoms with E-state index in [0.29, 0.717) is 19.3 Å². The summed E-state index contributed by atoms with van der Waals surface area (Å²) in [7, 11) is 0. The van der Waals surface area contributed by atoms with Gasteiger partial charge in [0.05, 0.1) is 18.3 Å². The first kappa shape index (κ1) is 15.7.